The highest BCUT2D eigenvalue weighted by atomic mass is 32.1. The molecule has 1 saturated heterocycles. The van der Waals surface area contributed by atoms with Gasteiger partial charge in [0.1, 0.15) is 5.82 Å². The van der Waals surface area contributed by atoms with E-state index in [1.54, 1.807) is 17.4 Å². The van der Waals surface area contributed by atoms with Gasteiger partial charge in [-0.2, -0.15) is 0 Å². The van der Waals surface area contributed by atoms with Gasteiger partial charge in [-0.25, -0.2) is 4.39 Å². The van der Waals surface area contributed by atoms with Crippen LogP contribution in [-0.4, -0.2) is 34.9 Å². The molecule has 142 valence electrons. The Morgan fingerprint density at radius 2 is 2.26 bits per heavy atom. The molecule has 1 atom stereocenters. The van der Waals surface area contributed by atoms with Crippen molar-refractivity contribution < 1.29 is 9.18 Å². The van der Waals surface area contributed by atoms with E-state index in [0.717, 1.165) is 49.1 Å². The molecule has 4 rings (SSSR count). The van der Waals surface area contributed by atoms with Crippen molar-refractivity contribution in [2.24, 2.45) is 0 Å². The van der Waals surface area contributed by atoms with Gasteiger partial charge in [0, 0.05) is 35.1 Å². The molecule has 1 aromatic carbocycles. The molecule has 0 aliphatic carbocycles. The fourth-order valence-corrected chi connectivity index (χ4v) is 4.72. The maximum Gasteiger partial charge on any atom is 0.224 e. The number of rotatable bonds is 5. The molecule has 0 unspecified atom stereocenters. The minimum absolute atomic E-state index is 0.00577. The number of likely N-dealkylation sites (tertiary alicyclic amines) is 1. The minimum Gasteiger partial charge on any atom is -0.356 e. The molecule has 1 amide bonds. The number of carbonyl (C=O) groups excluding carboxylic acids is 1. The molecule has 0 radical (unpaired) electrons. The van der Waals surface area contributed by atoms with E-state index in [0.29, 0.717) is 5.52 Å². The van der Waals surface area contributed by atoms with Crippen molar-refractivity contribution in [3.63, 3.8) is 0 Å². The van der Waals surface area contributed by atoms with Crippen molar-refractivity contribution in [3.8, 4) is 0 Å². The Labute approximate surface area is 162 Å². The molecule has 4 nitrogen and oxygen atoms in total. The lowest BCUT2D eigenvalue weighted by atomic mass is 10.0. The second-order valence-corrected chi connectivity index (χ2v) is 8.32. The predicted octanol–water partition coefficient (Wildman–Crippen LogP) is 4.00. The zero-order valence-electron chi connectivity index (χ0n) is 15.4. The number of hydrogen-bond acceptors (Lipinski definition) is 3. The molecule has 3 aromatic rings. The van der Waals surface area contributed by atoms with Gasteiger partial charge < -0.3 is 10.3 Å². The van der Waals surface area contributed by atoms with Crippen molar-refractivity contribution >= 4 is 28.1 Å². The van der Waals surface area contributed by atoms with E-state index in [2.05, 4.69) is 32.7 Å². The zero-order valence-corrected chi connectivity index (χ0v) is 16.2. The van der Waals surface area contributed by atoms with Crippen molar-refractivity contribution in [2.75, 3.05) is 13.1 Å². The van der Waals surface area contributed by atoms with Gasteiger partial charge in [0.05, 0.1) is 11.9 Å². The fourth-order valence-electron chi connectivity index (χ4n) is 3.97. The Kier molecular flexibility index (Phi) is 5.27. The molecule has 0 saturated carbocycles. The number of hydrogen-bond donors (Lipinski definition) is 2. The van der Waals surface area contributed by atoms with Crippen LogP contribution in [0.3, 0.4) is 0 Å². The highest BCUT2D eigenvalue weighted by Gasteiger charge is 2.22. The molecule has 2 aromatic heterocycles. The predicted molar refractivity (Wildman–Crippen MR) is 107 cm³/mol. The first-order valence-electron chi connectivity index (χ1n) is 9.40. The number of benzene rings is 1. The topological polar surface area (TPSA) is 48.1 Å². The molecule has 0 bridgehead atoms. The largest absolute Gasteiger partial charge is 0.356 e. The monoisotopic (exact) mass is 385 g/mol. The lowest BCUT2D eigenvalue weighted by molar-refractivity contribution is -0.121. The van der Waals surface area contributed by atoms with Crippen LogP contribution in [0.4, 0.5) is 4.39 Å². The van der Waals surface area contributed by atoms with E-state index in [1.165, 1.54) is 10.9 Å². The van der Waals surface area contributed by atoms with Crippen molar-refractivity contribution in [2.45, 2.75) is 38.8 Å². The molecule has 0 spiro atoms. The Bertz CT molecular complexity index is 934. The zero-order chi connectivity index (χ0) is 18.8. The van der Waals surface area contributed by atoms with Crippen LogP contribution in [0, 0.1) is 12.7 Å². The third kappa shape index (κ3) is 4.06. The molecule has 1 aliphatic heterocycles. The Hall–Kier alpha value is -2.18. The first-order chi connectivity index (χ1) is 13.1. The summed E-state index contributed by atoms with van der Waals surface area (Å²) in [6, 6.07) is 9.41. The SMILES string of the molecule is Cc1[nH]c2c(F)cccc2c1CC(=O)N[C@@H]1CCCN(Cc2cccs2)C1. The number of halogens is 1. The van der Waals surface area contributed by atoms with Crippen LogP contribution in [0.1, 0.15) is 29.0 Å². The van der Waals surface area contributed by atoms with Crippen molar-refractivity contribution in [3.05, 3.63) is 57.7 Å². The van der Waals surface area contributed by atoms with Gasteiger partial charge in [-0.1, -0.05) is 18.2 Å². The van der Waals surface area contributed by atoms with Gasteiger partial charge in [-0.05, 0) is 49.4 Å². The summed E-state index contributed by atoms with van der Waals surface area (Å²) in [5.74, 6) is -0.273. The summed E-state index contributed by atoms with van der Waals surface area (Å²) in [6.07, 6.45) is 2.37. The highest BCUT2D eigenvalue weighted by molar-refractivity contribution is 7.09. The van der Waals surface area contributed by atoms with Crippen LogP contribution in [0.2, 0.25) is 0 Å². The number of amides is 1. The number of aromatic nitrogens is 1. The number of aryl methyl sites for hydroxylation is 1. The Morgan fingerprint density at radius 3 is 3.07 bits per heavy atom. The quantitative estimate of drug-likeness (QED) is 0.697. The van der Waals surface area contributed by atoms with E-state index >= 15 is 0 Å². The molecule has 27 heavy (non-hydrogen) atoms. The van der Waals surface area contributed by atoms with Gasteiger partial charge >= 0.3 is 0 Å². The average Bonchev–Trinajstić information content (AvgIpc) is 3.25. The van der Waals surface area contributed by atoms with Gasteiger partial charge in [0.2, 0.25) is 5.91 Å². The summed E-state index contributed by atoms with van der Waals surface area (Å²) in [7, 11) is 0. The van der Waals surface area contributed by atoms with Crippen molar-refractivity contribution in [1.82, 2.24) is 15.2 Å². The van der Waals surface area contributed by atoms with E-state index in [1.807, 2.05) is 13.0 Å². The number of carbonyl (C=O) groups is 1. The standard InChI is InChI=1S/C21H24FN3OS/c1-14-18(17-7-2-8-19(22)21(17)23-14)11-20(26)24-15-5-3-9-25(12-15)13-16-6-4-10-27-16/h2,4,6-8,10,15,23H,3,5,9,11-13H2,1H3,(H,24,26)/t15-/m1/s1. The molecule has 3 heterocycles. The number of nitrogens with one attached hydrogen (secondary N) is 2. The first-order valence-corrected chi connectivity index (χ1v) is 10.3. The molecular weight excluding hydrogens is 361 g/mol. The maximum atomic E-state index is 14.0. The number of fused-ring (bicyclic) bond motifs is 1. The second-order valence-electron chi connectivity index (χ2n) is 7.29. The van der Waals surface area contributed by atoms with Crippen LogP contribution >= 0.6 is 11.3 Å². The second kappa shape index (κ2) is 7.82. The van der Waals surface area contributed by atoms with Crippen LogP contribution in [0.15, 0.2) is 35.7 Å². The van der Waals surface area contributed by atoms with E-state index < -0.39 is 0 Å². The Balaban J connectivity index is 1.39. The van der Waals surface area contributed by atoms with Gasteiger partial charge in [-0.3, -0.25) is 9.69 Å². The van der Waals surface area contributed by atoms with Crippen LogP contribution < -0.4 is 5.32 Å². The first kappa shape index (κ1) is 18.2. The summed E-state index contributed by atoms with van der Waals surface area (Å²) in [5, 5.41) is 6.09. The van der Waals surface area contributed by atoms with Crippen LogP contribution in [0.5, 0.6) is 0 Å². The van der Waals surface area contributed by atoms with E-state index in [4.69, 9.17) is 0 Å². The average molecular weight is 386 g/mol. The number of para-hydroxylation sites is 1. The lowest BCUT2D eigenvalue weighted by Gasteiger charge is -2.32. The summed E-state index contributed by atoms with van der Waals surface area (Å²) in [4.78, 5) is 19.5. The number of H-pyrrole nitrogens is 1. The third-order valence-electron chi connectivity index (χ3n) is 5.27. The normalized spacial score (nSPS) is 18.1. The number of piperidine rings is 1. The number of thiophene rings is 1. The Morgan fingerprint density at radius 1 is 1.37 bits per heavy atom. The fraction of sp³-hybridized carbons (Fsp3) is 0.381. The molecule has 2 N–H and O–H groups in total. The van der Waals surface area contributed by atoms with Gasteiger partial charge in [0.25, 0.3) is 0 Å². The van der Waals surface area contributed by atoms with Crippen molar-refractivity contribution in [1.29, 1.82) is 0 Å². The smallest absolute Gasteiger partial charge is 0.224 e. The maximum absolute atomic E-state index is 14.0. The van der Waals surface area contributed by atoms with Crippen LogP contribution in [-0.2, 0) is 17.8 Å². The lowest BCUT2D eigenvalue weighted by Crippen LogP contribution is -2.47. The van der Waals surface area contributed by atoms with Crippen LogP contribution in [0.25, 0.3) is 10.9 Å². The highest BCUT2D eigenvalue weighted by Crippen LogP contribution is 2.25. The molecule has 1 fully saturated rings. The summed E-state index contributed by atoms with van der Waals surface area (Å²) in [6.45, 7) is 4.80. The third-order valence-corrected chi connectivity index (χ3v) is 6.13. The van der Waals surface area contributed by atoms with E-state index in [-0.39, 0.29) is 24.2 Å². The summed E-state index contributed by atoms with van der Waals surface area (Å²) >= 11 is 1.78. The minimum atomic E-state index is -0.279. The number of nitrogens with zero attached hydrogens (tertiary/aromatic N) is 1. The van der Waals surface area contributed by atoms with Gasteiger partial charge in [0.15, 0.2) is 0 Å². The summed E-state index contributed by atoms with van der Waals surface area (Å²) in [5.41, 5.74) is 2.22. The molecular formula is C21H24FN3OS. The molecule has 1 aliphatic rings. The molecule has 6 heteroatoms. The summed E-state index contributed by atoms with van der Waals surface area (Å²) < 4.78 is 14.0. The number of aromatic amines is 1. The van der Waals surface area contributed by atoms with Gasteiger partial charge in [-0.15, -0.1) is 11.3 Å². The van der Waals surface area contributed by atoms with E-state index in [9.17, 15) is 9.18 Å².